The SMILES string of the molecule is C[C@H](C#Cc1ccc(CN2CCN([C@H](c3ccccc3)c3ccc(Cl)cc3)CC2)o1)N(O)C(N)=O. The fraction of sp³-hybridized carbons (Fsp3) is 0.296. The number of rotatable bonds is 6. The van der Waals surface area contributed by atoms with Crippen molar-refractivity contribution in [3.05, 3.63) is 94.4 Å². The van der Waals surface area contributed by atoms with E-state index in [1.54, 1.807) is 13.0 Å². The molecule has 182 valence electrons. The summed E-state index contributed by atoms with van der Waals surface area (Å²) in [5.74, 6) is 6.89. The Morgan fingerprint density at radius 1 is 1.06 bits per heavy atom. The Labute approximate surface area is 210 Å². The van der Waals surface area contributed by atoms with Crippen molar-refractivity contribution in [2.24, 2.45) is 5.73 Å². The van der Waals surface area contributed by atoms with E-state index in [0.29, 0.717) is 17.4 Å². The third kappa shape index (κ3) is 6.44. The normalized spacial score (nSPS) is 16.2. The molecule has 1 fully saturated rings. The van der Waals surface area contributed by atoms with Crippen LogP contribution in [0.15, 0.2) is 71.1 Å². The number of hydrogen-bond donors (Lipinski definition) is 2. The van der Waals surface area contributed by atoms with Gasteiger partial charge in [-0.05, 0) is 48.2 Å². The number of furan rings is 1. The van der Waals surface area contributed by atoms with Crippen molar-refractivity contribution in [2.45, 2.75) is 25.6 Å². The van der Waals surface area contributed by atoms with E-state index in [2.05, 4.69) is 58.0 Å². The summed E-state index contributed by atoms with van der Waals surface area (Å²) in [5, 5.41) is 10.7. The molecular weight excluding hydrogens is 464 g/mol. The Hall–Kier alpha value is -3.28. The van der Waals surface area contributed by atoms with Gasteiger partial charge in [-0.25, -0.2) is 4.79 Å². The number of primary amides is 1. The van der Waals surface area contributed by atoms with Gasteiger partial charge in [-0.3, -0.25) is 15.0 Å². The van der Waals surface area contributed by atoms with Gasteiger partial charge >= 0.3 is 6.03 Å². The van der Waals surface area contributed by atoms with Crippen LogP contribution < -0.4 is 5.73 Å². The second-order valence-corrected chi connectivity index (χ2v) is 9.01. The van der Waals surface area contributed by atoms with Crippen LogP contribution in [0.25, 0.3) is 0 Å². The summed E-state index contributed by atoms with van der Waals surface area (Å²) >= 11 is 6.14. The maximum Gasteiger partial charge on any atom is 0.339 e. The van der Waals surface area contributed by atoms with Gasteiger partial charge in [0.05, 0.1) is 12.6 Å². The second kappa shape index (κ2) is 11.4. The van der Waals surface area contributed by atoms with Gasteiger partial charge < -0.3 is 10.2 Å². The smallest absolute Gasteiger partial charge is 0.339 e. The molecule has 0 radical (unpaired) electrons. The zero-order chi connectivity index (χ0) is 24.8. The largest absolute Gasteiger partial charge is 0.451 e. The Morgan fingerprint density at radius 2 is 1.71 bits per heavy atom. The minimum absolute atomic E-state index is 0.176. The first kappa shape index (κ1) is 24.8. The predicted octanol–water partition coefficient (Wildman–Crippen LogP) is 4.35. The first-order valence-electron chi connectivity index (χ1n) is 11.6. The number of hydroxylamine groups is 2. The molecule has 2 amide bonds. The Bertz CT molecular complexity index is 1180. The molecule has 0 saturated carbocycles. The van der Waals surface area contributed by atoms with Crippen molar-refractivity contribution in [3.63, 3.8) is 0 Å². The van der Waals surface area contributed by atoms with E-state index < -0.39 is 12.1 Å². The van der Waals surface area contributed by atoms with Crippen LogP contribution in [0.1, 0.15) is 35.6 Å². The highest BCUT2D eigenvalue weighted by Crippen LogP contribution is 2.30. The van der Waals surface area contributed by atoms with E-state index in [0.717, 1.165) is 37.0 Å². The molecule has 1 aromatic heterocycles. The van der Waals surface area contributed by atoms with Crippen LogP contribution in [0, 0.1) is 11.8 Å². The number of halogens is 1. The monoisotopic (exact) mass is 492 g/mol. The molecule has 1 aliphatic rings. The minimum Gasteiger partial charge on any atom is -0.451 e. The van der Waals surface area contributed by atoms with Crippen molar-refractivity contribution >= 4 is 17.6 Å². The number of amides is 2. The number of nitrogens with two attached hydrogens (primary N) is 1. The van der Waals surface area contributed by atoms with Gasteiger partial charge in [-0.2, -0.15) is 5.06 Å². The molecule has 0 bridgehead atoms. The van der Waals surface area contributed by atoms with E-state index in [1.165, 1.54) is 11.1 Å². The quantitative estimate of drug-likeness (QED) is 0.303. The molecule has 1 aliphatic heterocycles. The number of urea groups is 1. The maximum atomic E-state index is 11.0. The number of benzene rings is 2. The van der Waals surface area contributed by atoms with Crippen molar-refractivity contribution < 1.29 is 14.4 Å². The summed E-state index contributed by atoms with van der Waals surface area (Å²) in [7, 11) is 0. The summed E-state index contributed by atoms with van der Waals surface area (Å²) in [6, 6.07) is 20.9. The Balaban J connectivity index is 1.38. The standard InChI is InChI=1S/C27H29ClN4O3/c1-20(32(34)27(29)33)7-12-24-13-14-25(35-24)19-30-15-17-31(18-16-30)26(21-5-3-2-4-6-21)22-8-10-23(28)11-9-22/h2-6,8-11,13-14,20,26,34H,15-19H2,1H3,(H2,29,33)/t20-,26-/m1/s1. The highest BCUT2D eigenvalue weighted by atomic mass is 35.5. The zero-order valence-corrected chi connectivity index (χ0v) is 20.4. The highest BCUT2D eigenvalue weighted by Gasteiger charge is 2.26. The molecule has 7 nitrogen and oxygen atoms in total. The summed E-state index contributed by atoms with van der Waals surface area (Å²) in [6.45, 7) is 5.93. The molecule has 0 spiro atoms. The van der Waals surface area contributed by atoms with Crippen LogP contribution in [0.2, 0.25) is 5.02 Å². The first-order chi connectivity index (χ1) is 16.9. The molecule has 2 heterocycles. The van der Waals surface area contributed by atoms with Gasteiger partial charge in [0.15, 0.2) is 5.76 Å². The van der Waals surface area contributed by atoms with Gasteiger partial charge in [0, 0.05) is 31.2 Å². The summed E-state index contributed by atoms with van der Waals surface area (Å²) in [6.07, 6.45) is 0. The average molecular weight is 493 g/mol. The molecule has 4 rings (SSSR count). The molecule has 0 unspecified atom stereocenters. The third-order valence-electron chi connectivity index (χ3n) is 6.11. The van der Waals surface area contributed by atoms with Crippen LogP contribution >= 0.6 is 11.6 Å². The number of nitrogens with zero attached hydrogens (tertiary/aromatic N) is 3. The lowest BCUT2D eigenvalue weighted by atomic mass is 9.96. The lowest BCUT2D eigenvalue weighted by Crippen LogP contribution is -2.47. The molecule has 3 aromatic rings. The molecule has 2 atom stereocenters. The molecule has 1 saturated heterocycles. The molecule has 2 aromatic carbocycles. The zero-order valence-electron chi connectivity index (χ0n) is 19.6. The molecule has 3 N–H and O–H groups in total. The highest BCUT2D eigenvalue weighted by molar-refractivity contribution is 6.30. The maximum absolute atomic E-state index is 11.0. The molecular formula is C27H29ClN4O3. The van der Waals surface area contributed by atoms with E-state index >= 15 is 0 Å². The summed E-state index contributed by atoms with van der Waals surface area (Å²) in [4.78, 5) is 15.9. The van der Waals surface area contributed by atoms with Gasteiger partial charge in [-0.1, -0.05) is 60.0 Å². The Kier molecular flexibility index (Phi) is 8.11. The average Bonchev–Trinajstić information content (AvgIpc) is 3.32. The van der Waals surface area contributed by atoms with Crippen molar-refractivity contribution in [2.75, 3.05) is 26.2 Å². The molecule has 8 heteroatoms. The summed E-state index contributed by atoms with van der Waals surface area (Å²) < 4.78 is 5.84. The number of piperazine rings is 1. The fourth-order valence-electron chi connectivity index (χ4n) is 4.25. The van der Waals surface area contributed by atoms with Gasteiger partial charge in [0.2, 0.25) is 0 Å². The fourth-order valence-corrected chi connectivity index (χ4v) is 4.38. The second-order valence-electron chi connectivity index (χ2n) is 8.57. The molecule has 0 aliphatic carbocycles. The van der Waals surface area contributed by atoms with Crippen LogP contribution in [0.5, 0.6) is 0 Å². The van der Waals surface area contributed by atoms with Gasteiger partial charge in [0.1, 0.15) is 11.8 Å². The van der Waals surface area contributed by atoms with Crippen molar-refractivity contribution in [1.82, 2.24) is 14.9 Å². The minimum atomic E-state index is -0.948. The topological polar surface area (TPSA) is 86.2 Å². The van der Waals surface area contributed by atoms with Gasteiger partial charge in [-0.15, -0.1) is 0 Å². The van der Waals surface area contributed by atoms with Crippen molar-refractivity contribution in [1.29, 1.82) is 0 Å². The van der Waals surface area contributed by atoms with Crippen LogP contribution in [0.3, 0.4) is 0 Å². The third-order valence-corrected chi connectivity index (χ3v) is 6.36. The number of carbonyl (C=O) groups excluding carboxylic acids is 1. The van der Waals surface area contributed by atoms with Crippen LogP contribution in [-0.4, -0.2) is 58.3 Å². The van der Waals surface area contributed by atoms with Crippen LogP contribution in [0.4, 0.5) is 4.79 Å². The van der Waals surface area contributed by atoms with E-state index in [4.69, 9.17) is 21.8 Å². The van der Waals surface area contributed by atoms with Crippen LogP contribution in [-0.2, 0) is 6.54 Å². The number of carbonyl (C=O) groups is 1. The predicted molar refractivity (Wildman–Crippen MR) is 135 cm³/mol. The van der Waals surface area contributed by atoms with E-state index in [1.807, 2.05) is 24.3 Å². The molecule has 35 heavy (non-hydrogen) atoms. The lowest BCUT2D eigenvalue weighted by Gasteiger charge is -2.39. The number of hydrogen-bond acceptors (Lipinski definition) is 5. The van der Waals surface area contributed by atoms with E-state index in [9.17, 15) is 10.0 Å². The van der Waals surface area contributed by atoms with E-state index in [-0.39, 0.29) is 6.04 Å². The first-order valence-corrected chi connectivity index (χ1v) is 11.9. The lowest BCUT2D eigenvalue weighted by molar-refractivity contribution is -0.0536. The summed E-state index contributed by atoms with van der Waals surface area (Å²) in [5.41, 5.74) is 7.55. The van der Waals surface area contributed by atoms with Crippen molar-refractivity contribution in [3.8, 4) is 11.8 Å². The Morgan fingerprint density at radius 3 is 2.37 bits per heavy atom. The van der Waals surface area contributed by atoms with Gasteiger partial charge in [0.25, 0.3) is 0 Å².